The second-order valence-electron chi connectivity index (χ2n) is 5.15. The molecule has 1 aliphatic heterocycles. The minimum atomic E-state index is 0.0932. The molecule has 1 amide bonds. The van der Waals surface area contributed by atoms with Crippen molar-refractivity contribution in [3.8, 4) is 0 Å². The lowest BCUT2D eigenvalue weighted by molar-refractivity contribution is 0.0986. The van der Waals surface area contributed by atoms with E-state index in [4.69, 9.17) is 0 Å². The molecule has 0 aliphatic carbocycles. The van der Waals surface area contributed by atoms with Gasteiger partial charge in [0.25, 0.3) is 5.91 Å². The van der Waals surface area contributed by atoms with Crippen molar-refractivity contribution >= 4 is 45.9 Å². The number of carbonyl (C=O) groups excluding carboxylic acids is 1. The maximum atomic E-state index is 12.9. The Morgan fingerprint density at radius 3 is 2.86 bits per heavy atom. The van der Waals surface area contributed by atoms with Crippen LogP contribution in [0.1, 0.15) is 23.7 Å². The summed E-state index contributed by atoms with van der Waals surface area (Å²) in [7, 11) is 0. The number of amides is 1. The molecule has 2 aromatic rings. The van der Waals surface area contributed by atoms with Gasteiger partial charge in [0.15, 0.2) is 0 Å². The molecule has 0 fully saturated rings. The highest BCUT2D eigenvalue weighted by molar-refractivity contribution is 14.1. The fourth-order valence-corrected chi connectivity index (χ4v) is 4.13. The summed E-state index contributed by atoms with van der Waals surface area (Å²) in [4.78, 5) is 16.0. The van der Waals surface area contributed by atoms with Crippen LogP contribution in [-0.4, -0.2) is 17.7 Å². The molecule has 21 heavy (non-hydrogen) atoms. The number of hydrogen-bond acceptors (Lipinski definition) is 2. The average molecular weight is 409 g/mol. The number of rotatable bonds is 1. The van der Waals surface area contributed by atoms with E-state index in [0.717, 1.165) is 27.8 Å². The van der Waals surface area contributed by atoms with Gasteiger partial charge in [0.2, 0.25) is 0 Å². The van der Waals surface area contributed by atoms with E-state index in [2.05, 4.69) is 35.6 Å². The number of carbonyl (C=O) groups is 1. The summed E-state index contributed by atoms with van der Waals surface area (Å²) in [6.07, 6.45) is 1.01. The van der Waals surface area contributed by atoms with Crippen LogP contribution >= 0.6 is 34.4 Å². The third kappa shape index (κ3) is 3.26. The van der Waals surface area contributed by atoms with Gasteiger partial charge in [-0.3, -0.25) is 4.79 Å². The molecule has 0 N–H and O–H groups in total. The van der Waals surface area contributed by atoms with Gasteiger partial charge in [-0.15, -0.1) is 11.8 Å². The lowest BCUT2D eigenvalue weighted by atomic mass is 10.1. The molecule has 2 aromatic carbocycles. The van der Waals surface area contributed by atoms with E-state index < -0.39 is 0 Å². The monoisotopic (exact) mass is 409 g/mol. The van der Waals surface area contributed by atoms with Crippen LogP contribution in [0.3, 0.4) is 0 Å². The van der Waals surface area contributed by atoms with Crippen LogP contribution in [0.4, 0.5) is 5.69 Å². The predicted octanol–water partition coefficient (Wildman–Crippen LogP) is 4.82. The highest BCUT2D eigenvalue weighted by Crippen LogP contribution is 2.37. The molecule has 1 heterocycles. The van der Waals surface area contributed by atoms with Gasteiger partial charge < -0.3 is 4.90 Å². The van der Waals surface area contributed by atoms with E-state index in [9.17, 15) is 4.79 Å². The Labute approximate surface area is 143 Å². The number of anilines is 1. The summed E-state index contributed by atoms with van der Waals surface area (Å²) >= 11 is 4.10. The molecule has 0 spiro atoms. The minimum Gasteiger partial charge on any atom is -0.307 e. The smallest absolute Gasteiger partial charge is 0.258 e. The summed E-state index contributed by atoms with van der Waals surface area (Å²) < 4.78 is 1.09. The molecule has 3 rings (SSSR count). The fraction of sp³-hybridized carbons (Fsp3) is 0.235. The average Bonchev–Trinajstić information content (AvgIpc) is 2.65. The lowest BCUT2D eigenvalue weighted by Gasteiger charge is -2.22. The molecule has 0 bridgehead atoms. The normalized spacial score (nSPS) is 18.0. The number of halogens is 1. The van der Waals surface area contributed by atoms with Gasteiger partial charge >= 0.3 is 0 Å². The maximum absolute atomic E-state index is 12.9. The van der Waals surface area contributed by atoms with E-state index in [0.29, 0.717) is 5.25 Å². The second-order valence-corrected chi connectivity index (χ2v) is 7.88. The van der Waals surface area contributed by atoms with Crippen molar-refractivity contribution in [3.05, 3.63) is 57.7 Å². The molecule has 0 aromatic heterocycles. The summed E-state index contributed by atoms with van der Waals surface area (Å²) in [6, 6.07) is 16.0. The Bertz CT molecular complexity index is 673. The molecule has 2 nitrogen and oxygen atoms in total. The van der Waals surface area contributed by atoms with E-state index in [1.54, 1.807) is 0 Å². The van der Waals surface area contributed by atoms with Crippen LogP contribution in [-0.2, 0) is 0 Å². The quantitative estimate of drug-likeness (QED) is 0.630. The first kappa shape index (κ1) is 14.9. The van der Waals surface area contributed by atoms with Crippen molar-refractivity contribution in [2.45, 2.75) is 23.5 Å². The zero-order valence-corrected chi connectivity index (χ0v) is 14.7. The van der Waals surface area contributed by atoms with Crippen LogP contribution in [0, 0.1) is 3.57 Å². The van der Waals surface area contributed by atoms with Gasteiger partial charge in [-0.25, -0.2) is 0 Å². The van der Waals surface area contributed by atoms with Crippen molar-refractivity contribution in [2.24, 2.45) is 0 Å². The molecule has 108 valence electrons. The fourth-order valence-electron chi connectivity index (χ4n) is 2.48. The molecule has 0 saturated heterocycles. The second kappa shape index (κ2) is 6.40. The molecular weight excluding hydrogens is 393 g/mol. The lowest BCUT2D eigenvalue weighted by Crippen LogP contribution is -2.32. The highest BCUT2D eigenvalue weighted by atomic mass is 127. The third-order valence-electron chi connectivity index (χ3n) is 3.56. The highest BCUT2D eigenvalue weighted by Gasteiger charge is 2.24. The first-order valence-corrected chi connectivity index (χ1v) is 8.94. The largest absolute Gasteiger partial charge is 0.307 e. The molecule has 1 aliphatic rings. The predicted molar refractivity (Wildman–Crippen MR) is 97.2 cm³/mol. The standard InChI is InChI=1S/C17H16INOS/c1-12-9-10-19(15-7-2-3-8-16(15)21-12)17(20)13-5-4-6-14(18)11-13/h2-8,11-12H,9-10H2,1H3/t12-/m1/s1. The Balaban J connectivity index is 2.00. The van der Waals surface area contributed by atoms with Crippen molar-refractivity contribution in [2.75, 3.05) is 11.4 Å². The SMILES string of the molecule is C[C@@H]1CCN(C(=O)c2cccc(I)c2)c2ccccc2S1. The first-order valence-electron chi connectivity index (χ1n) is 6.98. The zero-order valence-electron chi connectivity index (χ0n) is 11.8. The molecule has 1 atom stereocenters. The van der Waals surface area contributed by atoms with Gasteiger partial charge in [0.1, 0.15) is 0 Å². The van der Waals surface area contributed by atoms with Gasteiger partial charge in [-0.05, 0) is 59.3 Å². The molecule has 0 saturated carbocycles. The number of benzene rings is 2. The van der Waals surface area contributed by atoms with Gasteiger partial charge in [0, 0.05) is 25.8 Å². The Morgan fingerprint density at radius 2 is 2.05 bits per heavy atom. The van der Waals surface area contributed by atoms with Crippen LogP contribution in [0.15, 0.2) is 53.4 Å². The first-order chi connectivity index (χ1) is 10.1. The number of nitrogens with zero attached hydrogens (tertiary/aromatic N) is 1. The number of thioether (sulfide) groups is 1. The van der Waals surface area contributed by atoms with Crippen molar-refractivity contribution in [1.29, 1.82) is 0 Å². The maximum Gasteiger partial charge on any atom is 0.258 e. The van der Waals surface area contributed by atoms with Crippen molar-refractivity contribution < 1.29 is 4.79 Å². The van der Waals surface area contributed by atoms with Gasteiger partial charge in [-0.1, -0.05) is 25.1 Å². The van der Waals surface area contributed by atoms with E-state index >= 15 is 0 Å². The van der Waals surface area contributed by atoms with Crippen LogP contribution < -0.4 is 4.90 Å². The zero-order chi connectivity index (χ0) is 14.8. The minimum absolute atomic E-state index is 0.0932. The summed E-state index contributed by atoms with van der Waals surface area (Å²) in [5, 5.41) is 0.528. The van der Waals surface area contributed by atoms with E-state index in [1.807, 2.05) is 59.1 Å². The number of para-hydroxylation sites is 1. The molecule has 0 radical (unpaired) electrons. The summed E-state index contributed by atoms with van der Waals surface area (Å²) in [6.45, 7) is 3.00. The van der Waals surface area contributed by atoms with Crippen LogP contribution in [0.5, 0.6) is 0 Å². The van der Waals surface area contributed by atoms with Crippen LogP contribution in [0.2, 0.25) is 0 Å². The van der Waals surface area contributed by atoms with Gasteiger partial charge in [0.05, 0.1) is 5.69 Å². The third-order valence-corrected chi connectivity index (χ3v) is 5.47. The van der Waals surface area contributed by atoms with E-state index in [-0.39, 0.29) is 5.91 Å². The number of hydrogen-bond donors (Lipinski definition) is 0. The van der Waals surface area contributed by atoms with Crippen molar-refractivity contribution in [3.63, 3.8) is 0 Å². The van der Waals surface area contributed by atoms with Crippen LogP contribution in [0.25, 0.3) is 0 Å². The summed E-state index contributed by atoms with van der Waals surface area (Å²) in [5.41, 5.74) is 1.80. The summed E-state index contributed by atoms with van der Waals surface area (Å²) in [5.74, 6) is 0.0932. The Morgan fingerprint density at radius 1 is 1.24 bits per heavy atom. The molecular formula is C17H16INOS. The topological polar surface area (TPSA) is 20.3 Å². The number of fused-ring (bicyclic) bond motifs is 1. The molecule has 4 heteroatoms. The van der Waals surface area contributed by atoms with Gasteiger partial charge in [-0.2, -0.15) is 0 Å². The Kier molecular flexibility index (Phi) is 4.54. The van der Waals surface area contributed by atoms with E-state index in [1.165, 1.54) is 4.90 Å². The Hall–Kier alpha value is -1.01. The van der Waals surface area contributed by atoms with Crippen molar-refractivity contribution in [1.82, 2.24) is 0 Å². The molecule has 0 unspecified atom stereocenters.